The first-order valence-electron chi connectivity index (χ1n) is 6.99. The van der Waals surface area contributed by atoms with E-state index in [0.29, 0.717) is 0 Å². The van der Waals surface area contributed by atoms with Crippen LogP contribution in [0.5, 0.6) is 0 Å². The third kappa shape index (κ3) is 3.64. The van der Waals surface area contributed by atoms with Gasteiger partial charge in [0.25, 0.3) is 0 Å². The highest BCUT2D eigenvalue weighted by molar-refractivity contribution is 7.11. The third-order valence-corrected chi connectivity index (χ3v) is 4.16. The molecule has 1 atom stereocenters. The van der Waals surface area contributed by atoms with Crippen LogP contribution < -0.4 is 5.32 Å². The van der Waals surface area contributed by atoms with Crippen molar-refractivity contribution in [1.29, 1.82) is 0 Å². The summed E-state index contributed by atoms with van der Waals surface area (Å²) in [5.41, 5.74) is 2.74. The largest absolute Gasteiger partial charge is 0.306 e. The molecule has 0 fully saturated rings. The van der Waals surface area contributed by atoms with E-state index in [9.17, 15) is 0 Å². The Balaban J connectivity index is 2.23. The fourth-order valence-electron chi connectivity index (χ4n) is 2.26. The van der Waals surface area contributed by atoms with E-state index >= 15 is 0 Å². The molecule has 0 saturated heterocycles. The molecule has 1 heterocycles. The summed E-state index contributed by atoms with van der Waals surface area (Å²) < 4.78 is 0. The molecule has 0 aliphatic rings. The molecule has 2 aromatic rings. The summed E-state index contributed by atoms with van der Waals surface area (Å²) >= 11 is 1.77. The van der Waals surface area contributed by atoms with E-state index in [-0.39, 0.29) is 6.04 Å². The lowest BCUT2D eigenvalue weighted by molar-refractivity contribution is 0.638. The van der Waals surface area contributed by atoms with Crippen molar-refractivity contribution in [2.45, 2.75) is 39.7 Å². The number of aryl methyl sites for hydroxylation is 2. The van der Waals surface area contributed by atoms with Gasteiger partial charge in [-0.15, -0.1) is 11.3 Å². The van der Waals surface area contributed by atoms with Crippen molar-refractivity contribution >= 4 is 11.3 Å². The topological polar surface area (TPSA) is 24.9 Å². The second-order valence-corrected chi connectivity index (χ2v) is 6.03. The quantitative estimate of drug-likeness (QED) is 0.857. The van der Waals surface area contributed by atoms with Gasteiger partial charge < -0.3 is 5.32 Å². The number of aromatic nitrogens is 1. The third-order valence-electron chi connectivity index (χ3n) is 3.18. The monoisotopic (exact) mass is 274 g/mol. The Morgan fingerprint density at radius 3 is 2.47 bits per heavy atom. The second kappa shape index (κ2) is 6.83. The Bertz CT molecular complexity index is 502. The molecule has 2 rings (SSSR count). The first-order valence-corrected chi connectivity index (χ1v) is 7.80. The smallest absolute Gasteiger partial charge is 0.0897 e. The molecule has 0 aliphatic carbocycles. The maximum atomic E-state index is 4.37. The van der Waals surface area contributed by atoms with Gasteiger partial charge in [0.1, 0.15) is 0 Å². The zero-order chi connectivity index (χ0) is 13.7. The van der Waals surface area contributed by atoms with Crippen molar-refractivity contribution in [3.63, 3.8) is 0 Å². The van der Waals surface area contributed by atoms with Crippen LogP contribution in [0.3, 0.4) is 0 Å². The fraction of sp³-hybridized carbons (Fsp3) is 0.438. The van der Waals surface area contributed by atoms with E-state index in [1.54, 1.807) is 11.3 Å². The van der Waals surface area contributed by atoms with Crippen LogP contribution in [0.4, 0.5) is 0 Å². The summed E-state index contributed by atoms with van der Waals surface area (Å²) in [5, 5.41) is 4.68. The van der Waals surface area contributed by atoms with E-state index in [1.807, 2.05) is 6.20 Å². The number of hydrogen-bond donors (Lipinski definition) is 1. The first kappa shape index (κ1) is 14.2. The predicted molar refractivity (Wildman–Crippen MR) is 82.8 cm³/mol. The lowest BCUT2D eigenvalue weighted by atomic mass is 10.0. The molecule has 102 valence electrons. The molecule has 2 nitrogen and oxygen atoms in total. The highest BCUT2D eigenvalue weighted by Gasteiger charge is 2.15. The normalized spacial score (nSPS) is 12.6. The van der Waals surface area contributed by atoms with E-state index in [1.165, 1.54) is 22.4 Å². The van der Waals surface area contributed by atoms with E-state index in [4.69, 9.17) is 0 Å². The summed E-state index contributed by atoms with van der Waals surface area (Å²) in [7, 11) is 0. The Kier molecular flexibility index (Phi) is 5.11. The number of rotatable bonds is 6. The molecule has 0 saturated carbocycles. The van der Waals surface area contributed by atoms with Crippen LogP contribution in [0.25, 0.3) is 0 Å². The van der Waals surface area contributed by atoms with E-state index < -0.39 is 0 Å². The van der Waals surface area contributed by atoms with Crippen LogP contribution in [-0.4, -0.2) is 11.5 Å². The predicted octanol–water partition coefficient (Wildman–Crippen LogP) is 4.10. The number of hydrogen-bond acceptors (Lipinski definition) is 3. The molecule has 3 heteroatoms. The molecule has 0 aliphatic heterocycles. The second-order valence-electron chi connectivity index (χ2n) is 4.76. The minimum absolute atomic E-state index is 0.270. The number of benzene rings is 1. The zero-order valence-electron chi connectivity index (χ0n) is 11.9. The van der Waals surface area contributed by atoms with Gasteiger partial charge in [0.2, 0.25) is 0 Å². The molecule has 1 unspecified atom stereocenters. The Morgan fingerprint density at radius 1 is 1.21 bits per heavy atom. The van der Waals surface area contributed by atoms with Gasteiger partial charge in [0.15, 0.2) is 0 Å². The standard InChI is InChI=1S/C16H22N2S/c1-4-6-13-7-9-14(10-8-13)16(17-5-2)15-11-18-12(3)19-15/h7-11,16-17H,4-6H2,1-3H3. The van der Waals surface area contributed by atoms with Crippen molar-refractivity contribution in [3.05, 3.63) is 51.5 Å². The molecule has 0 radical (unpaired) electrons. The van der Waals surface area contributed by atoms with Gasteiger partial charge in [0, 0.05) is 11.1 Å². The molecule has 1 aromatic carbocycles. The minimum atomic E-state index is 0.270. The van der Waals surface area contributed by atoms with Gasteiger partial charge in [-0.1, -0.05) is 44.5 Å². The van der Waals surface area contributed by atoms with Crippen LogP contribution in [-0.2, 0) is 6.42 Å². The Hall–Kier alpha value is -1.19. The van der Waals surface area contributed by atoms with Crippen molar-refractivity contribution in [2.75, 3.05) is 6.54 Å². The SMILES string of the molecule is CCCc1ccc(C(NCC)c2cnc(C)s2)cc1. The highest BCUT2D eigenvalue weighted by Crippen LogP contribution is 2.27. The van der Waals surface area contributed by atoms with Gasteiger partial charge in [-0.2, -0.15) is 0 Å². The van der Waals surface area contributed by atoms with Crippen LogP contribution in [0.2, 0.25) is 0 Å². The summed E-state index contributed by atoms with van der Waals surface area (Å²) in [6, 6.07) is 9.25. The molecule has 0 bridgehead atoms. The molecular weight excluding hydrogens is 252 g/mol. The summed E-state index contributed by atoms with van der Waals surface area (Å²) in [6.07, 6.45) is 4.35. The Morgan fingerprint density at radius 2 is 1.95 bits per heavy atom. The number of nitrogens with zero attached hydrogens (tertiary/aromatic N) is 1. The van der Waals surface area contributed by atoms with Gasteiger partial charge in [0.05, 0.1) is 11.0 Å². The maximum absolute atomic E-state index is 4.37. The maximum Gasteiger partial charge on any atom is 0.0897 e. The summed E-state index contributed by atoms with van der Waals surface area (Å²) in [5.74, 6) is 0. The Labute approximate surface area is 119 Å². The minimum Gasteiger partial charge on any atom is -0.306 e. The first-order chi connectivity index (χ1) is 9.24. The van der Waals surface area contributed by atoms with Crippen LogP contribution in [0, 0.1) is 6.92 Å². The molecular formula is C16H22N2S. The highest BCUT2D eigenvalue weighted by atomic mass is 32.1. The van der Waals surface area contributed by atoms with Gasteiger partial charge in [-0.3, -0.25) is 0 Å². The lowest BCUT2D eigenvalue weighted by Crippen LogP contribution is -2.21. The average Bonchev–Trinajstić information content (AvgIpc) is 2.84. The van der Waals surface area contributed by atoms with Crippen molar-refractivity contribution in [1.82, 2.24) is 10.3 Å². The fourth-order valence-corrected chi connectivity index (χ4v) is 3.15. The van der Waals surface area contributed by atoms with E-state index in [2.05, 4.69) is 55.3 Å². The summed E-state index contributed by atoms with van der Waals surface area (Å²) in [4.78, 5) is 5.66. The number of thiazole rings is 1. The molecule has 19 heavy (non-hydrogen) atoms. The van der Waals surface area contributed by atoms with Gasteiger partial charge in [-0.25, -0.2) is 4.98 Å². The molecule has 0 spiro atoms. The van der Waals surface area contributed by atoms with Gasteiger partial charge in [-0.05, 0) is 31.0 Å². The summed E-state index contributed by atoms with van der Waals surface area (Å²) in [6.45, 7) is 7.38. The lowest BCUT2D eigenvalue weighted by Gasteiger charge is -2.17. The van der Waals surface area contributed by atoms with Crippen molar-refractivity contribution in [3.8, 4) is 0 Å². The molecule has 0 amide bonds. The van der Waals surface area contributed by atoms with Gasteiger partial charge >= 0.3 is 0 Å². The molecule has 1 N–H and O–H groups in total. The average molecular weight is 274 g/mol. The molecule has 1 aromatic heterocycles. The van der Waals surface area contributed by atoms with Crippen LogP contribution in [0.15, 0.2) is 30.5 Å². The zero-order valence-corrected chi connectivity index (χ0v) is 12.8. The van der Waals surface area contributed by atoms with Crippen molar-refractivity contribution in [2.24, 2.45) is 0 Å². The van der Waals surface area contributed by atoms with E-state index in [0.717, 1.165) is 18.0 Å². The van der Waals surface area contributed by atoms with Crippen LogP contribution >= 0.6 is 11.3 Å². The number of nitrogens with one attached hydrogen (secondary N) is 1. The van der Waals surface area contributed by atoms with Crippen molar-refractivity contribution < 1.29 is 0 Å². The van der Waals surface area contributed by atoms with Crippen LogP contribution in [0.1, 0.15) is 47.3 Å².